The Morgan fingerprint density at radius 2 is 1.08 bits per heavy atom. The third-order valence-corrected chi connectivity index (χ3v) is 3.71. The molecule has 0 aliphatic rings. The highest BCUT2D eigenvalue weighted by Gasteiger charge is 2.20. The van der Waals surface area contributed by atoms with Gasteiger partial charge in [-0.05, 0) is 35.4 Å². The van der Waals surface area contributed by atoms with E-state index in [-0.39, 0.29) is 11.3 Å². The number of rotatable bonds is 7. The molecule has 0 heterocycles. The lowest BCUT2D eigenvalue weighted by atomic mass is 10.0. The predicted molar refractivity (Wildman–Crippen MR) is 91.6 cm³/mol. The largest absolute Gasteiger partial charge is 0.493 e. The molecule has 0 spiro atoms. The van der Waals surface area contributed by atoms with Crippen molar-refractivity contribution >= 4 is 5.97 Å². The summed E-state index contributed by atoms with van der Waals surface area (Å²) in [5, 5.41) is 9.47. The molecule has 0 aromatic heterocycles. The molecule has 25 heavy (non-hydrogen) atoms. The number of methoxy groups -OCH3 is 5. The molecule has 0 aliphatic carbocycles. The zero-order valence-corrected chi connectivity index (χ0v) is 14.7. The van der Waals surface area contributed by atoms with Gasteiger partial charge < -0.3 is 28.8 Å². The molecule has 0 radical (unpaired) electrons. The second kappa shape index (κ2) is 7.65. The van der Waals surface area contributed by atoms with Crippen LogP contribution in [0.5, 0.6) is 28.7 Å². The van der Waals surface area contributed by atoms with Crippen LogP contribution in [0.15, 0.2) is 24.3 Å². The van der Waals surface area contributed by atoms with Gasteiger partial charge in [0.1, 0.15) is 5.56 Å². The van der Waals surface area contributed by atoms with Crippen LogP contribution in [-0.2, 0) is 0 Å². The van der Waals surface area contributed by atoms with Crippen molar-refractivity contribution in [2.24, 2.45) is 0 Å². The normalized spacial score (nSPS) is 10.1. The van der Waals surface area contributed by atoms with Crippen LogP contribution in [-0.4, -0.2) is 46.6 Å². The van der Waals surface area contributed by atoms with E-state index in [1.54, 1.807) is 18.2 Å². The second-order valence-electron chi connectivity index (χ2n) is 4.98. The third-order valence-electron chi connectivity index (χ3n) is 3.71. The van der Waals surface area contributed by atoms with Crippen LogP contribution in [0, 0.1) is 0 Å². The zero-order valence-electron chi connectivity index (χ0n) is 14.7. The molecule has 0 saturated heterocycles. The number of hydrogen-bond acceptors (Lipinski definition) is 6. The molecular formula is C18H20O7. The molecule has 0 bridgehead atoms. The number of carboxylic acid groups (broad SMARTS) is 1. The fourth-order valence-corrected chi connectivity index (χ4v) is 2.54. The molecule has 7 heteroatoms. The minimum Gasteiger partial charge on any atom is -0.493 e. The summed E-state index contributed by atoms with van der Waals surface area (Å²) >= 11 is 0. The highest BCUT2D eigenvalue weighted by molar-refractivity contribution is 5.94. The van der Waals surface area contributed by atoms with Crippen molar-refractivity contribution in [1.82, 2.24) is 0 Å². The first-order valence-electron chi connectivity index (χ1n) is 7.30. The number of aromatic carboxylic acids is 1. The molecule has 0 atom stereocenters. The summed E-state index contributed by atoms with van der Waals surface area (Å²) in [7, 11) is 7.38. The van der Waals surface area contributed by atoms with Gasteiger partial charge in [-0.1, -0.05) is 0 Å². The Labute approximate surface area is 145 Å². The Morgan fingerprint density at radius 1 is 0.680 bits per heavy atom. The molecule has 0 amide bonds. The molecule has 0 aliphatic heterocycles. The lowest BCUT2D eigenvalue weighted by Gasteiger charge is -2.16. The highest BCUT2D eigenvalue weighted by atomic mass is 16.5. The van der Waals surface area contributed by atoms with E-state index in [2.05, 4.69) is 0 Å². The van der Waals surface area contributed by atoms with Crippen molar-refractivity contribution in [1.29, 1.82) is 0 Å². The van der Waals surface area contributed by atoms with Gasteiger partial charge in [-0.3, -0.25) is 0 Å². The SMILES string of the molecule is COc1cc(-c2cc(OC)c(OC)c(C(=O)O)c2)cc(OC)c1OC. The quantitative estimate of drug-likeness (QED) is 0.823. The first kappa shape index (κ1) is 18.3. The maximum atomic E-state index is 11.6. The Balaban J connectivity index is 2.73. The molecule has 0 saturated carbocycles. The van der Waals surface area contributed by atoms with Crippen molar-refractivity contribution in [2.75, 3.05) is 35.5 Å². The van der Waals surface area contributed by atoms with Gasteiger partial charge in [0.2, 0.25) is 5.75 Å². The molecule has 7 nitrogen and oxygen atoms in total. The van der Waals surface area contributed by atoms with E-state index in [1.165, 1.54) is 41.6 Å². The summed E-state index contributed by atoms with van der Waals surface area (Å²) in [6.45, 7) is 0. The molecule has 0 fully saturated rings. The van der Waals surface area contributed by atoms with E-state index in [0.29, 0.717) is 34.1 Å². The van der Waals surface area contributed by atoms with Crippen molar-refractivity contribution in [3.05, 3.63) is 29.8 Å². The molecule has 134 valence electrons. The van der Waals surface area contributed by atoms with Crippen LogP contribution in [0.25, 0.3) is 11.1 Å². The summed E-state index contributed by atoms with van der Waals surface area (Å²) in [5.74, 6) is 0.724. The van der Waals surface area contributed by atoms with E-state index < -0.39 is 5.97 Å². The van der Waals surface area contributed by atoms with Crippen LogP contribution in [0.4, 0.5) is 0 Å². The Hall–Kier alpha value is -3.09. The fraction of sp³-hybridized carbons (Fsp3) is 0.278. The minimum atomic E-state index is -1.12. The van der Waals surface area contributed by atoms with Crippen LogP contribution in [0.1, 0.15) is 10.4 Å². The highest BCUT2D eigenvalue weighted by Crippen LogP contribution is 2.43. The number of ether oxygens (including phenoxy) is 5. The lowest BCUT2D eigenvalue weighted by Crippen LogP contribution is -2.03. The van der Waals surface area contributed by atoms with Gasteiger partial charge in [0.15, 0.2) is 23.0 Å². The van der Waals surface area contributed by atoms with Gasteiger partial charge in [0, 0.05) is 0 Å². The van der Waals surface area contributed by atoms with Gasteiger partial charge in [-0.15, -0.1) is 0 Å². The van der Waals surface area contributed by atoms with Gasteiger partial charge in [-0.2, -0.15) is 0 Å². The first-order chi connectivity index (χ1) is 12.0. The summed E-state index contributed by atoms with van der Waals surface area (Å²) < 4.78 is 26.4. The van der Waals surface area contributed by atoms with Crippen molar-refractivity contribution in [3.8, 4) is 39.9 Å². The van der Waals surface area contributed by atoms with Crippen LogP contribution >= 0.6 is 0 Å². The summed E-state index contributed by atoms with van der Waals surface area (Å²) in [5.41, 5.74) is 1.28. The minimum absolute atomic E-state index is 0.00870. The summed E-state index contributed by atoms with van der Waals surface area (Å²) in [6, 6.07) is 6.65. The maximum absolute atomic E-state index is 11.6. The second-order valence-corrected chi connectivity index (χ2v) is 4.98. The summed E-state index contributed by atoms with van der Waals surface area (Å²) in [6.07, 6.45) is 0. The predicted octanol–water partition coefficient (Wildman–Crippen LogP) is 3.09. The smallest absolute Gasteiger partial charge is 0.339 e. The van der Waals surface area contributed by atoms with Crippen LogP contribution in [0.3, 0.4) is 0 Å². The lowest BCUT2D eigenvalue weighted by molar-refractivity contribution is 0.0692. The van der Waals surface area contributed by atoms with Gasteiger partial charge in [0.05, 0.1) is 35.5 Å². The van der Waals surface area contributed by atoms with E-state index in [1.807, 2.05) is 0 Å². The van der Waals surface area contributed by atoms with Crippen molar-refractivity contribution < 1.29 is 33.6 Å². The molecule has 0 unspecified atom stereocenters. The average molecular weight is 348 g/mol. The van der Waals surface area contributed by atoms with Crippen molar-refractivity contribution in [2.45, 2.75) is 0 Å². The van der Waals surface area contributed by atoms with E-state index in [4.69, 9.17) is 23.7 Å². The average Bonchev–Trinajstić information content (AvgIpc) is 2.65. The molecule has 2 aromatic carbocycles. The Bertz CT molecular complexity index is 758. The number of benzene rings is 2. The third kappa shape index (κ3) is 3.40. The topological polar surface area (TPSA) is 83.5 Å². The van der Waals surface area contributed by atoms with Gasteiger partial charge in [0.25, 0.3) is 0 Å². The first-order valence-corrected chi connectivity index (χ1v) is 7.30. The van der Waals surface area contributed by atoms with Gasteiger partial charge >= 0.3 is 5.97 Å². The Morgan fingerprint density at radius 3 is 1.44 bits per heavy atom. The fourth-order valence-electron chi connectivity index (χ4n) is 2.54. The van der Waals surface area contributed by atoms with E-state index in [0.717, 1.165) is 0 Å². The Kier molecular flexibility index (Phi) is 5.59. The van der Waals surface area contributed by atoms with Crippen molar-refractivity contribution in [3.63, 3.8) is 0 Å². The molecular weight excluding hydrogens is 328 g/mol. The zero-order chi connectivity index (χ0) is 18.6. The maximum Gasteiger partial charge on any atom is 0.339 e. The molecule has 2 rings (SSSR count). The van der Waals surface area contributed by atoms with Gasteiger partial charge in [-0.25, -0.2) is 4.79 Å². The molecule has 2 aromatic rings. The molecule has 1 N–H and O–H groups in total. The van der Waals surface area contributed by atoms with E-state index >= 15 is 0 Å². The van der Waals surface area contributed by atoms with E-state index in [9.17, 15) is 9.90 Å². The van der Waals surface area contributed by atoms with Crippen LogP contribution < -0.4 is 23.7 Å². The number of carbonyl (C=O) groups is 1. The monoisotopic (exact) mass is 348 g/mol. The number of hydrogen-bond donors (Lipinski definition) is 1. The summed E-state index contributed by atoms with van der Waals surface area (Å²) in [4.78, 5) is 11.6. The number of carboxylic acids is 1. The van der Waals surface area contributed by atoms with Crippen LogP contribution in [0.2, 0.25) is 0 Å². The standard InChI is InChI=1S/C18H20O7/c1-21-13-7-10(6-12(18(19)20)16(13)24-4)11-8-14(22-2)17(25-5)15(9-11)23-3/h6-9H,1-5H3,(H,19,20).